The smallest absolute Gasteiger partial charge is 0.244 e. The Bertz CT molecular complexity index is 569. The first-order valence-electron chi connectivity index (χ1n) is 5.62. The predicted octanol–water partition coefficient (Wildman–Crippen LogP) is 2.53. The van der Waals surface area contributed by atoms with Crippen molar-refractivity contribution in [1.82, 2.24) is 4.72 Å². The van der Waals surface area contributed by atoms with Gasteiger partial charge in [-0.1, -0.05) is 29.8 Å². The van der Waals surface area contributed by atoms with Crippen molar-refractivity contribution in [2.24, 2.45) is 5.41 Å². The lowest BCUT2D eigenvalue weighted by Crippen LogP contribution is -2.28. The number of halogens is 1. The Balaban J connectivity index is 2.32. The van der Waals surface area contributed by atoms with Gasteiger partial charge in [0.05, 0.1) is 7.11 Å². The van der Waals surface area contributed by atoms with Gasteiger partial charge in [0.25, 0.3) is 0 Å². The minimum Gasteiger partial charge on any atom is -0.495 e. The standard InChI is InChI=1S/C12H16BrNO3S/c1-12(2)7-11(12)14-18(15,16)10-6-8(13)4-5-9(10)17-3/h4-6,11,14H,7H2,1-3H3. The summed E-state index contributed by atoms with van der Waals surface area (Å²) in [6.07, 6.45) is 0.864. The molecule has 100 valence electrons. The average molecular weight is 334 g/mol. The first-order chi connectivity index (χ1) is 8.26. The molecular weight excluding hydrogens is 318 g/mol. The fourth-order valence-electron chi connectivity index (χ4n) is 1.78. The third-order valence-corrected chi connectivity index (χ3v) is 5.21. The molecule has 0 amide bonds. The molecule has 0 aromatic heterocycles. The van der Waals surface area contributed by atoms with Gasteiger partial charge in [-0.3, -0.25) is 0 Å². The number of sulfonamides is 1. The summed E-state index contributed by atoms with van der Waals surface area (Å²) in [5.74, 6) is 0.351. The van der Waals surface area contributed by atoms with E-state index in [1.54, 1.807) is 18.2 Å². The van der Waals surface area contributed by atoms with Gasteiger partial charge in [0, 0.05) is 10.5 Å². The number of nitrogens with one attached hydrogen (secondary N) is 1. The fourth-order valence-corrected chi connectivity index (χ4v) is 3.89. The highest BCUT2D eigenvalue weighted by atomic mass is 79.9. The molecule has 0 bridgehead atoms. The normalized spacial score (nSPS) is 21.7. The number of benzene rings is 1. The van der Waals surface area contributed by atoms with Crippen LogP contribution < -0.4 is 9.46 Å². The van der Waals surface area contributed by atoms with E-state index < -0.39 is 10.0 Å². The van der Waals surface area contributed by atoms with Gasteiger partial charge in [-0.05, 0) is 30.0 Å². The van der Waals surface area contributed by atoms with E-state index in [9.17, 15) is 8.42 Å². The Morgan fingerprint density at radius 3 is 2.56 bits per heavy atom. The van der Waals surface area contributed by atoms with Crippen LogP contribution in [0, 0.1) is 5.41 Å². The van der Waals surface area contributed by atoms with Crippen molar-refractivity contribution in [2.75, 3.05) is 7.11 Å². The molecule has 4 nitrogen and oxygen atoms in total. The first-order valence-corrected chi connectivity index (χ1v) is 7.90. The van der Waals surface area contributed by atoms with Gasteiger partial charge < -0.3 is 4.74 Å². The van der Waals surface area contributed by atoms with Crippen molar-refractivity contribution in [3.8, 4) is 5.75 Å². The maximum Gasteiger partial charge on any atom is 0.244 e. The van der Waals surface area contributed by atoms with Crippen molar-refractivity contribution in [3.63, 3.8) is 0 Å². The van der Waals surface area contributed by atoms with Gasteiger partial charge in [-0.25, -0.2) is 13.1 Å². The number of hydrogen-bond acceptors (Lipinski definition) is 3. The van der Waals surface area contributed by atoms with Crippen LogP contribution in [0.15, 0.2) is 27.6 Å². The second-order valence-electron chi connectivity index (χ2n) is 5.16. The monoisotopic (exact) mass is 333 g/mol. The Kier molecular flexibility index (Phi) is 3.46. The molecule has 1 N–H and O–H groups in total. The average Bonchev–Trinajstić information content (AvgIpc) is 2.84. The topological polar surface area (TPSA) is 55.4 Å². The van der Waals surface area contributed by atoms with Crippen LogP contribution in [-0.4, -0.2) is 21.6 Å². The quantitative estimate of drug-likeness (QED) is 0.921. The Labute approximate surface area is 116 Å². The van der Waals surface area contributed by atoms with E-state index >= 15 is 0 Å². The molecule has 0 heterocycles. The van der Waals surface area contributed by atoms with Crippen LogP contribution in [0.4, 0.5) is 0 Å². The van der Waals surface area contributed by atoms with Crippen molar-refractivity contribution in [1.29, 1.82) is 0 Å². The third-order valence-electron chi connectivity index (χ3n) is 3.23. The van der Waals surface area contributed by atoms with Crippen LogP contribution in [0.25, 0.3) is 0 Å². The number of ether oxygens (including phenoxy) is 1. The number of methoxy groups -OCH3 is 1. The lowest BCUT2D eigenvalue weighted by Gasteiger charge is -2.12. The van der Waals surface area contributed by atoms with Crippen LogP contribution in [-0.2, 0) is 10.0 Å². The van der Waals surface area contributed by atoms with Crippen LogP contribution in [0.2, 0.25) is 0 Å². The molecule has 1 unspecified atom stereocenters. The summed E-state index contributed by atoms with van der Waals surface area (Å²) in [5, 5.41) is 0. The highest BCUT2D eigenvalue weighted by Crippen LogP contribution is 2.45. The Hall–Kier alpha value is -0.590. The van der Waals surface area contributed by atoms with E-state index in [2.05, 4.69) is 20.7 Å². The zero-order valence-corrected chi connectivity index (χ0v) is 12.9. The van der Waals surface area contributed by atoms with Crippen molar-refractivity contribution >= 4 is 26.0 Å². The zero-order valence-electron chi connectivity index (χ0n) is 10.5. The molecule has 2 rings (SSSR count). The number of rotatable bonds is 4. The lowest BCUT2D eigenvalue weighted by atomic mass is 10.2. The zero-order chi connectivity index (χ0) is 13.6. The highest BCUT2D eigenvalue weighted by molar-refractivity contribution is 9.10. The molecule has 1 aliphatic carbocycles. The summed E-state index contributed by atoms with van der Waals surface area (Å²) in [4.78, 5) is 0.169. The molecule has 1 aliphatic rings. The second kappa shape index (κ2) is 4.51. The third kappa shape index (κ3) is 2.70. The second-order valence-corrected chi connectivity index (χ2v) is 7.76. The summed E-state index contributed by atoms with van der Waals surface area (Å²) in [6.45, 7) is 4.08. The maximum absolute atomic E-state index is 12.3. The Morgan fingerprint density at radius 1 is 1.44 bits per heavy atom. The van der Waals surface area contributed by atoms with Gasteiger partial charge in [0.1, 0.15) is 10.6 Å². The van der Waals surface area contributed by atoms with Crippen molar-refractivity contribution < 1.29 is 13.2 Å². The van der Waals surface area contributed by atoms with E-state index in [0.717, 1.165) is 6.42 Å². The summed E-state index contributed by atoms with van der Waals surface area (Å²) in [7, 11) is -2.08. The molecule has 18 heavy (non-hydrogen) atoms. The van der Waals surface area contributed by atoms with Crippen LogP contribution in [0.3, 0.4) is 0 Å². The van der Waals surface area contributed by atoms with Crippen molar-refractivity contribution in [2.45, 2.75) is 31.2 Å². The summed E-state index contributed by atoms with van der Waals surface area (Å²) >= 11 is 3.27. The SMILES string of the molecule is COc1ccc(Br)cc1S(=O)(=O)NC1CC1(C)C. The largest absolute Gasteiger partial charge is 0.495 e. The maximum atomic E-state index is 12.3. The van der Waals surface area contributed by atoms with Crippen LogP contribution in [0.1, 0.15) is 20.3 Å². The predicted molar refractivity (Wildman–Crippen MR) is 73.2 cm³/mol. The molecule has 1 fully saturated rings. The van der Waals surface area contributed by atoms with Crippen LogP contribution in [0.5, 0.6) is 5.75 Å². The molecule has 0 aliphatic heterocycles. The summed E-state index contributed by atoms with van der Waals surface area (Å²) in [6, 6.07) is 4.94. The molecule has 1 aromatic carbocycles. The fraction of sp³-hybridized carbons (Fsp3) is 0.500. The van der Waals surface area contributed by atoms with E-state index in [1.807, 2.05) is 13.8 Å². The Morgan fingerprint density at radius 2 is 2.06 bits per heavy atom. The van der Waals surface area contributed by atoms with Gasteiger partial charge >= 0.3 is 0 Å². The van der Waals surface area contributed by atoms with Crippen LogP contribution >= 0.6 is 15.9 Å². The van der Waals surface area contributed by atoms with Gasteiger partial charge in [-0.15, -0.1) is 0 Å². The summed E-state index contributed by atoms with van der Waals surface area (Å²) < 4.78 is 33.1. The molecule has 1 atom stereocenters. The molecule has 0 radical (unpaired) electrons. The summed E-state index contributed by atoms with van der Waals surface area (Å²) in [5.41, 5.74) is 0.0479. The molecule has 6 heteroatoms. The minimum atomic E-state index is -3.54. The molecular formula is C12H16BrNO3S. The highest BCUT2D eigenvalue weighted by Gasteiger charge is 2.48. The molecule has 1 saturated carbocycles. The lowest BCUT2D eigenvalue weighted by molar-refractivity contribution is 0.402. The van der Waals surface area contributed by atoms with Gasteiger partial charge in [0.15, 0.2) is 0 Å². The molecule has 0 spiro atoms. The minimum absolute atomic E-state index is 0.00573. The van der Waals surface area contributed by atoms with E-state index in [1.165, 1.54) is 7.11 Å². The van der Waals surface area contributed by atoms with E-state index in [-0.39, 0.29) is 16.4 Å². The molecule has 1 aromatic rings. The molecule has 0 saturated heterocycles. The van der Waals surface area contributed by atoms with Crippen molar-refractivity contribution in [3.05, 3.63) is 22.7 Å². The number of hydrogen-bond donors (Lipinski definition) is 1. The van der Waals surface area contributed by atoms with E-state index in [4.69, 9.17) is 4.74 Å². The van der Waals surface area contributed by atoms with E-state index in [0.29, 0.717) is 10.2 Å². The first kappa shape index (κ1) is 13.8. The van der Waals surface area contributed by atoms with Gasteiger partial charge in [0.2, 0.25) is 10.0 Å². The van der Waals surface area contributed by atoms with Gasteiger partial charge in [-0.2, -0.15) is 0 Å².